The van der Waals surface area contributed by atoms with Crippen LogP contribution in [0.3, 0.4) is 0 Å². The zero-order valence-corrected chi connectivity index (χ0v) is 11.6. The fourth-order valence-corrected chi connectivity index (χ4v) is 2.18. The summed E-state index contributed by atoms with van der Waals surface area (Å²) in [6.45, 7) is 3.52. The Hall–Kier alpha value is -2.82. The molecule has 0 atom stereocenters. The number of nitrogens with zero attached hydrogens (tertiary/aromatic N) is 1. The molecule has 0 spiro atoms. The average Bonchev–Trinajstić information content (AvgIpc) is 2.76. The van der Waals surface area contributed by atoms with E-state index in [0.717, 1.165) is 5.69 Å². The van der Waals surface area contributed by atoms with Crippen LogP contribution < -0.4 is 4.74 Å². The SMILES string of the molecule is Cc1ccc(Oc2ccc3oc(C)c(C(=O)O)c3c2)cn1. The van der Waals surface area contributed by atoms with Crippen molar-refractivity contribution in [1.82, 2.24) is 4.98 Å². The predicted octanol–water partition coefficient (Wildman–Crippen LogP) is 3.94. The minimum atomic E-state index is -1.01. The van der Waals surface area contributed by atoms with Gasteiger partial charge in [0.2, 0.25) is 0 Å². The van der Waals surface area contributed by atoms with E-state index >= 15 is 0 Å². The van der Waals surface area contributed by atoms with Crippen LogP contribution in [-0.4, -0.2) is 16.1 Å². The molecule has 1 aromatic carbocycles. The first kappa shape index (κ1) is 13.2. The number of pyridine rings is 1. The van der Waals surface area contributed by atoms with E-state index in [-0.39, 0.29) is 5.56 Å². The molecule has 0 aliphatic rings. The topological polar surface area (TPSA) is 72.6 Å². The second kappa shape index (κ2) is 4.94. The smallest absolute Gasteiger partial charge is 0.339 e. The summed E-state index contributed by atoms with van der Waals surface area (Å²) in [5.74, 6) is 0.501. The number of aromatic nitrogens is 1. The summed E-state index contributed by atoms with van der Waals surface area (Å²) < 4.78 is 11.1. The third-order valence-electron chi connectivity index (χ3n) is 3.17. The van der Waals surface area contributed by atoms with Gasteiger partial charge >= 0.3 is 5.97 Å². The number of furan rings is 1. The quantitative estimate of drug-likeness (QED) is 0.788. The van der Waals surface area contributed by atoms with Crippen LogP contribution in [0.4, 0.5) is 0 Å². The number of rotatable bonds is 3. The van der Waals surface area contributed by atoms with Crippen molar-refractivity contribution < 1.29 is 19.1 Å². The lowest BCUT2D eigenvalue weighted by atomic mass is 10.1. The molecular formula is C16H13NO4. The summed E-state index contributed by atoms with van der Waals surface area (Å²) in [5, 5.41) is 9.78. The van der Waals surface area contributed by atoms with Gasteiger partial charge in [-0.3, -0.25) is 4.98 Å². The highest BCUT2D eigenvalue weighted by Crippen LogP contribution is 2.31. The lowest BCUT2D eigenvalue weighted by Crippen LogP contribution is -1.96. The maximum Gasteiger partial charge on any atom is 0.339 e. The van der Waals surface area contributed by atoms with Gasteiger partial charge in [0.1, 0.15) is 28.4 Å². The van der Waals surface area contributed by atoms with E-state index in [2.05, 4.69) is 4.98 Å². The Labute approximate surface area is 120 Å². The number of hydrogen-bond donors (Lipinski definition) is 1. The first-order chi connectivity index (χ1) is 10.0. The van der Waals surface area contributed by atoms with Gasteiger partial charge in [-0.15, -0.1) is 0 Å². The van der Waals surface area contributed by atoms with Crippen LogP contribution >= 0.6 is 0 Å². The van der Waals surface area contributed by atoms with Gasteiger partial charge in [0.05, 0.1) is 6.20 Å². The number of aromatic carboxylic acids is 1. The molecule has 106 valence electrons. The van der Waals surface area contributed by atoms with Gasteiger partial charge < -0.3 is 14.3 Å². The molecule has 3 rings (SSSR count). The summed E-state index contributed by atoms with van der Waals surface area (Å²) in [4.78, 5) is 15.4. The van der Waals surface area contributed by atoms with Crippen molar-refractivity contribution in [2.24, 2.45) is 0 Å². The van der Waals surface area contributed by atoms with Crippen LogP contribution in [0.25, 0.3) is 11.0 Å². The fourth-order valence-electron chi connectivity index (χ4n) is 2.18. The second-order valence-electron chi connectivity index (χ2n) is 4.73. The Bertz CT molecular complexity index is 818. The summed E-state index contributed by atoms with van der Waals surface area (Å²) in [5.41, 5.74) is 1.59. The Kier molecular flexibility index (Phi) is 3.10. The molecule has 5 nitrogen and oxygen atoms in total. The van der Waals surface area contributed by atoms with Gasteiger partial charge in [-0.25, -0.2) is 4.79 Å². The number of carboxylic acid groups (broad SMARTS) is 1. The molecule has 0 saturated carbocycles. The standard InChI is InChI=1S/C16H13NO4/c1-9-3-4-12(8-17-9)21-11-5-6-14-13(7-11)15(16(18)19)10(2)20-14/h3-8H,1-2H3,(H,18,19). The molecule has 21 heavy (non-hydrogen) atoms. The molecule has 2 heterocycles. The number of carboxylic acids is 1. The van der Waals surface area contributed by atoms with E-state index in [0.29, 0.717) is 28.2 Å². The van der Waals surface area contributed by atoms with Crippen molar-refractivity contribution in [2.45, 2.75) is 13.8 Å². The molecule has 2 aromatic heterocycles. The summed E-state index contributed by atoms with van der Waals surface area (Å²) in [7, 11) is 0. The van der Waals surface area contributed by atoms with Gasteiger partial charge in [0.25, 0.3) is 0 Å². The van der Waals surface area contributed by atoms with E-state index in [4.69, 9.17) is 9.15 Å². The monoisotopic (exact) mass is 283 g/mol. The van der Waals surface area contributed by atoms with Crippen molar-refractivity contribution in [3.05, 3.63) is 53.5 Å². The molecular weight excluding hydrogens is 270 g/mol. The maximum atomic E-state index is 11.3. The third-order valence-corrected chi connectivity index (χ3v) is 3.17. The number of fused-ring (bicyclic) bond motifs is 1. The van der Waals surface area contributed by atoms with Crippen molar-refractivity contribution in [3.8, 4) is 11.5 Å². The van der Waals surface area contributed by atoms with Crippen LogP contribution in [0.5, 0.6) is 11.5 Å². The van der Waals surface area contributed by atoms with E-state index in [1.54, 1.807) is 31.3 Å². The van der Waals surface area contributed by atoms with Crippen LogP contribution in [0.15, 0.2) is 40.9 Å². The third kappa shape index (κ3) is 2.45. The highest BCUT2D eigenvalue weighted by Gasteiger charge is 2.17. The Morgan fingerprint density at radius 3 is 2.62 bits per heavy atom. The minimum absolute atomic E-state index is 0.164. The molecule has 0 saturated heterocycles. The number of carbonyl (C=O) groups is 1. The van der Waals surface area contributed by atoms with E-state index in [9.17, 15) is 9.90 Å². The predicted molar refractivity (Wildman–Crippen MR) is 77.0 cm³/mol. The molecule has 0 fully saturated rings. The molecule has 0 amide bonds. The zero-order valence-electron chi connectivity index (χ0n) is 11.6. The van der Waals surface area contributed by atoms with Crippen molar-refractivity contribution in [1.29, 1.82) is 0 Å². The number of hydrogen-bond acceptors (Lipinski definition) is 4. The first-order valence-electron chi connectivity index (χ1n) is 6.41. The van der Waals surface area contributed by atoms with Crippen LogP contribution in [0.2, 0.25) is 0 Å². The van der Waals surface area contributed by atoms with Crippen LogP contribution in [0, 0.1) is 13.8 Å². The van der Waals surface area contributed by atoms with Gasteiger partial charge in [-0.05, 0) is 44.2 Å². The molecule has 0 radical (unpaired) electrons. The van der Waals surface area contributed by atoms with Gasteiger partial charge in [-0.1, -0.05) is 0 Å². The molecule has 5 heteroatoms. The lowest BCUT2D eigenvalue weighted by molar-refractivity contribution is 0.0697. The first-order valence-corrected chi connectivity index (χ1v) is 6.41. The number of aryl methyl sites for hydroxylation is 2. The van der Waals surface area contributed by atoms with Gasteiger partial charge in [-0.2, -0.15) is 0 Å². The van der Waals surface area contributed by atoms with E-state index in [1.807, 2.05) is 19.1 Å². The summed E-state index contributed by atoms with van der Waals surface area (Å²) >= 11 is 0. The average molecular weight is 283 g/mol. The van der Waals surface area contributed by atoms with E-state index < -0.39 is 5.97 Å². The fraction of sp³-hybridized carbons (Fsp3) is 0.125. The Morgan fingerprint density at radius 1 is 1.19 bits per heavy atom. The second-order valence-corrected chi connectivity index (χ2v) is 4.73. The molecule has 0 aliphatic heterocycles. The van der Waals surface area contributed by atoms with E-state index in [1.165, 1.54) is 0 Å². The van der Waals surface area contributed by atoms with Crippen molar-refractivity contribution in [3.63, 3.8) is 0 Å². The number of benzene rings is 1. The number of ether oxygens (including phenoxy) is 1. The molecule has 3 aromatic rings. The van der Waals surface area contributed by atoms with Crippen LogP contribution in [0.1, 0.15) is 21.8 Å². The Balaban J connectivity index is 2.02. The molecule has 0 unspecified atom stereocenters. The maximum absolute atomic E-state index is 11.3. The highest BCUT2D eigenvalue weighted by molar-refractivity contribution is 6.03. The molecule has 0 aliphatic carbocycles. The summed E-state index contributed by atoms with van der Waals surface area (Å²) in [6, 6.07) is 8.75. The summed E-state index contributed by atoms with van der Waals surface area (Å²) in [6.07, 6.45) is 1.62. The minimum Gasteiger partial charge on any atom is -0.478 e. The lowest BCUT2D eigenvalue weighted by Gasteiger charge is -2.05. The Morgan fingerprint density at radius 2 is 1.95 bits per heavy atom. The highest BCUT2D eigenvalue weighted by atomic mass is 16.5. The van der Waals surface area contributed by atoms with Crippen LogP contribution in [-0.2, 0) is 0 Å². The van der Waals surface area contributed by atoms with Crippen molar-refractivity contribution >= 4 is 16.9 Å². The largest absolute Gasteiger partial charge is 0.478 e. The van der Waals surface area contributed by atoms with Gasteiger partial charge in [0.15, 0.2) is 0 Å². The zero-order chi connectivity index (χ0) is 15.0. The van der Waals surface area contributed by atoms with Crippen molar-refractivity contribution in [2.75, 3.05) is 0 Å². The van der Waals surface area contributed by atoms with Gasteiger partial charge in [0, 0.05) is 11.1 Å². The molecule has 1 N–H and O–H groups in total. The normalized spacial score (nSPS) is 10.8. The molecule has 0 bridgehead atoms.